The number of carbonyl (C=O) groups is 2. The smallest absolute Gasteiger partial charge is 0.323 e. The Morgan fingerprint density at radius 2 is 2.14 bits per heavy atom. The van der Waals surface area contributed by atoms with E-state index in [1.54, 1.807) is 6.92 Å². The van der Waals surface area contributed by atoms with Crippen LogP contribution in [0.4, 0.5) is 0 Å². The normalized spacial score (nSPS) is 22.0. The van der Waals surface area contributed by atoms with Gasteiger partial charge < -0.3 is 9.47 Å². The van der Waals surface area contributed by atoms with E-state index in [-0.39, 0.29) is 6.61 Å². The van der Waals surface area contributed by atoms with Crippen LogP contribution in [0.25, 0.3) is 6.08 Å². The highest BCUT2D eigenvalue weighted by molar-refractivity contribution is 6.00. The van der Waals surface area contributed by atoms with E-state index in [1.165, 1.54) is 0 Å². The second-order valence-electron chi connectivity index (χ2n) is 5.06. The number of cyclic esters (lactones) is 1. The topological polar surface area (TPSA) is 52.6 Å². The summed E-state index contributed by atoms with van der Waals surface area (Å²) in [6, 6.07) is 9.75. The number of hydrogen-bond acceptors (Lipinski definition) is 4. The lowest BCUT2D eigenvalue weighted by Crippen LogP contribution is -2.44. The molecule has 0 aliphatic carbocycles. The fraction of sp³-hybridized carbons (Fsp3) is 0.412. The Morgan fingerprint density at radius 1 is 1.38 bits per heavy atom. The Balaban J connectivity index is 2.14. The van der Waals surface area contributed by atoms with Crippen LogP contribution in [0.5, 0.6) is 0 Å². The van der Waals surface area contributed by atoms with E-state index in [0.29, 0.717) is 25.9 Å². The van der Waals surface area contributed by atoms with Crippen LogP contribution in [0.2, 0.25) is 0 Å². The van der Waals surface area contributed by atoms with Gasteiger partial charge in [-0.1, -0.05) is 42.5 Å². The van der Waals surface area contributed by atoms with Gasteiger partial charge in [0.2, 0.25) is 0 Å². The third-order valence-corrected chi connectivity index (χ3v) is 3.61. The fourth-order valence-electron chi connectivity index (χ4n) is 2.46. The van der Waals surface area contributed by atoms with Crippen molar-refractivity contribution in [2.24, 2.45) is 5.41 Å². The van der Waals surface area contributed by atoms with Crippen molar-refractivity contribution in [3.05, 3.63) is 42.0 Å². The predicted molar refractivity (Wildman–Crippen MR) is 79.4 cm³/mol. The second-order valence-corrected chi connectivity index (χ2v) is 5.06. The van der Waals surface area contributed by atoms with Gasteiger partial charge >= 0.3 is 11.9 Å². The van der Waals surface area contributed by atoms with Crippen molar-refractivity contribution in [3.8, 4) is 0 Å². The highest BCUT2D eigenvalue weighted by Gasteiger charge is 2.49. The first kappa shape index (κ1) is 15.3. The van der Waals surface area contributed by atoms with Crippen molar-refractivity contribution >= 4 is 18.0 Å². The minimum Gasteiger partial charge on any atom is -0.465 e. The minimum atomic E-state index is -1.18. The lowest BCUT2D eigenvalue weighted by Gasteiger charge is -2.31. The van der Waals surface area contributed by atoms with Crippen LogP contribution in [0.1, 0.15) is 31.7 Å². The van der Waals surface area contributed by atoms with Gasteiger partial charge in [-0.25, -0.2) is 0 Å². The molecule has 0 N–H and O–H groups in total. The summed E-state index contributed by atoms with van der Waals surface area (Å²) in [6.07, 6.45) is 5.22. The molecule has 1 aromatic carbocycles. The number of ether oxygens (including phenoxy) is 2. The maximum atomic E-state index is 12.2. The predicted octanol–water partition coefficient (Wildman–Crippen LogP) is 2.98. The summed E-state index contributed by atoms with van der Waals surface area (Å²) in [7, 11) is 0. The number of esters is 2. The van der Waals surface area contributed by atoms with Gasteiger partial charge in [-0.2, -0.15) is 0 Å². The van der Waals surface area contributed by atoms with E-state index in [1.807, 2.05) is 42.5 Å². The molecule has 0 bridgehead atoms. The van der Waals surface area contributed by atoms with Crippen molar-refractivity contribution in [1.29, 1.82) is 0 Å². The van der Waals surface area contributed by atoms with Crippen molar-refractivity contribution in [2.45, 2.75) is 26.2 Å². The first-order valence-electron chi connectivity index (χ1n) is 7.25. The molecule has 4 heteroatoms. The zero-order valence-corrected chi connectivity index (χ0v) is 12.2. The van der Waals surface area contributed by atoms with Crippen LogP contribution >= 0.6 is 0 Å². The van der Waals surface area contributed by atoms with Gasteiger partial charge in [-0.15, -0.1) is 0 Å². The second kappa shape index (κ2) is 7.07. The molecule has 21 heavy (non-hydrogen) atoms. The summed E-state index contributed by atoms with van der Waals surface area (Å²) in [5.74, 6) is -0.947. The van der Waals surface area contributed by atoms with E-state index in [9.17, 15) is 9.59 Å². The quantitative estimate of drug-likeness (QED) is 0.617. The van der Waals surface area contributed by atoms with Gasteiger partial charge in [0, 0.05) is 0 Å². The molecule has 0 aromatic heterocycles. The highest BCUT2D eigenvalue weighted by atomic mass is 16.6. The first-order valence-corrected chi connectivity index (χ1v) is 7.25. The molecule has 0 spiro atoms. The Kier molecular flexibility index (Phi) is 5.14. The number of hydrogen-bond donors (Lipinski definition) is 0. The zero-order chi connectivity index (χ0) is 15.1. The Morgan fingerprint density at radius 3 is 2.81 bits per heavy atom. The van der Waals surface area contributed by atoms with Crippen molar-refractivity contribution < 1.29 is 19.1 Å². The molecule has 1 saturated heterocycles. The van der Waals surface area contributed by atoms with Gasteiger partial charge in [0.25, 0.3) is 0 Å². The molecule has 1 heterocycles. The van der Waals surface area contributed by atoms with Gasteiger partial charge in [-0.3, -0.25) is 9.59 Å². The molecule has 1 atom stereocenters. The number of rotatable bonds is 5. The van der Waals surface area contributed by atoms with Gasteiger partial charge in [-0.05, 0) is 31.7 Å². The van der Waals surface area contributed by atoms with Gasteiger partial charge in [0.15, 0.2) is 5.41 Å². The molecular formula is C17H20O4. The molecule has 4 nitrogen and oxygen atoms in total. The lowest BCUT2D eigenvalue weighted by molar-refractivity contribution is -0.177. The summed E-state index contributed by atoms with van der Waals surface area (Å²) in [5, 5.41) is 0. The fourth-order valence-corrected chi connectivity index (χ4v) is 2.46. The first-order chi connectivity index (χ1) is 10.2. The van der Waals surface area contributed by atoms with Crippen molar-refractivity contribution in [1.82, 2.24) is 0 Å². The Hall–Kier alpha value is -2.10. The Bertz CT molecular complexity index is 521. The molecule has 0 saturated carbocycles. The Labute approximate surface area is 124 Å². The molecule has 0 unspecified atom stereocenters. The average molecular weight is 288 g/mol. The third kappa shape index (κ3) is 3.51. The molecule has 2 rings (SSSR count). The van der Waals surface area contributed by atoms with Crippen molar-refractivity contribution in [2.75, 3.05) is 13.2 Å². The largest absolute Gasteiger partial charge is 0.465 e. The maximum Gasteiger partial charge on any atom is 0.323 e. The molecule has 1 fully saturated rings. The SMILES string of the molecule is CCOC(=O)[C@]1(CC=Cc2ccccc2)CCCOC1=O. The van der Waals surface area contributed by atoms with Crippen LogP contribution in [-0.2, 0) is 19.1 Å². The number of carbonyl (C=O) groups excluding carboxylic acids is 2. The number of benzene rings is 1. The highest BCUT2D eigenvalue weighted by Crippen LogP contribution is 2.35. The molecule has 1 aliphatic heterocycles. The molecule has 112 valence electrons. The molecule has 1 aliphatic rings. The summed E-state index contributed by atoms with van der Waals surface area (Å²) in [6.45, 7) is 2.37. The number of allylic oxidation sites excluding steroid dienone is 1. The van der Waals surface area contributed by atoms with Crippen LogP contribution in [0, 0.1) is 5.41 Å². The zero-order valence-electron chi connectivity index (χ0n) is 12.2. The molecule has 1 aromatic rings. The summed E-state index contributed by atoms with van der Waals surface area (Å²) >= 11 is 0. The summed E-state index contributed by atoms with van der Waals surface area (Å²) in [5.41, 5.74) is -0.153. The lowest BCUT2D eigenvalue weighted by atomic mass is 9.78. The molecular weight excluding hydrogens is 268 g/mol. The van der Waals surface area contributed by atoms with Crippen LogP contribution in [0.15, 0.2) is 36.4 Å². The third-order valence-electron chi connectivity index (χ3n) is 3.61. The van der Waals surface area contributed by atoms with Crippen LogP contribution in [0.3, 0.4) is 0 Å². The standard InChI is InChI=1S/C17H20O4/c1-2-20-15(18)17(12-7-13-21-16(17)19)11-6-10-14-8-4-3-5-9-14/h3-6,8-10H,2,7,11-13H2,1H3/t17-/m0/s1. The van der Waals surface area contributed by atoms with E-state index in [4.69, 9.17) is 9.47 Å². The molecule has 0 amide bonds. The molecule has 0 radical (unpaired) electrons. The minimum absolute atomic E-state index is 0.260. The van der Waals surface area contributed by atoms with E-state index in [0.717, 1.165) is 5.56 Å². The summed E-state index contributed by atoms with van der Waals surface area (Å²) in [4.78, 5) is 24.3. The van der Waals surface area contributed by atoms with Crippen LogP contribution in [-0.4, -0.2) is 25.2 Å². The van der Waals surface area contributed by atoms with E-state index < -0.39 is 17.4 Å². The van der Waals surface area contributed by atoms with Gasteiger partial charge in [0.05, 0.1) is 13.2 Å². The van der Waals surface area contributed by atoms with E-state index in [2.05, 4.69) is 0 Å². The van der Waals surface area contributed by atoms with Crippen molar-refractivity contribution in [3.63, 3.8) is 0 Å². The summed E-state index contributed by atoms with van der Waals surface area (Å²) < 4.78 is 10.2. The maximum absolute atomic E-state index is 12.2. The van der Waals surface area contributed by atoms with Gasteiger partial charge in [0.1, 0.15) is 0 Å². The average Bonchev–Trinajstić information content (AvgIpc) is 2.50. The van der Waals surface area contributed by atoms with Crippen LogP contribution < -0.4 is 0 Å². The monoisotopic (exact) mass is 288 g/mol. The van der Waals surface area contributed by atoms with E-state index >= 15 is 0 Å².